The van der Waals surface area contributed by atoms with Crippen LogP contribution in [0.4, 0.5) is 0 Å². The second-order valence-corrected chi connectivity index (χ2v) is 7.11. The highest BCUT2D eigenvalue weighted by atomic mass is 16.1. The SMILES string of the molecule is CCCC(C)(C=O)CN(CCC(C)C)C1CCCC1. The number of hydrogen-bond donors (Lipinski definition) is 0. The van der Waals surface area contributed by atoms with Crippen molar-refractivity contribution in [2.45, 2.75) is 78.7 Å². The second kappa shape index (κ2) is 8.04. The largest absolute Gasteiger partial charge is 0.303 e. The molecule has 0 saturated heterocycles. The van der Waals surface area contributed by atoms with E-state index in [2.05, 4.69) is 32.6 Å². The molecule has 1 atom stereocenters. The molecular formula is C17H33NO. The Morgan fingerprint density at radius 1 is 1.32 bits per heavy atom. The van der Waals surface area contributed by atoms with Crippen molar-refractivity contribution < 1.29 is 4.79 Å². The van der Waals surface area contributed by atoms with E-state index in [-0.39, 0.29) is 5.41 Å². The van der Waals surface area contributed by atoms with E-state index in [9.17, 15) is 4.79 Å². The molecule has 0 N–H and O–H groups in total. The zero-order valence-electron chi connectivity index (χ0n) is 13.5. The quantitative estimate of drug-likeness (QED) is 0.581. The first-order valence-corrected chi connectivity index (χ1v) is 8.21. The normalized spacial score (nSPS) is 20.1. The maximum absolute atomic E-state index is 11.5. The summed E-state index contributed by atoms with van der Waals surface area (Å²) in [6.45, 7) is 11.0. The first-order valence-electron chi connectivity index (χ1n) is 8.21. The molecule has 112 valence electrons. The molecular weight excluding hydrogens is 234 g/mol. The lowest BCUT2D eigenvalue weighted by Gasteiger charge is -2.36. The van der Waals surface area contributed by atoms with Crippen molar-refractivity contribution in [1.29, 1.82) is 0 Å². The zero-order chi connectivity index (χ0) is 14.3. The molecule has 1 fully saturated rings. The van der Waals surface area contributed by atoms with Gasteiger partial charge in [0.05, 0.1) is 0 Å². The molecule has 2 nitrogen and oxygen atoms in total. The minimum atomic E-state index is -0.145. The first-order chi connectivity index (χ1) is 9.00. The topological polar surface area (TPSA) is 20.3 Å². The van der Waals surface area contributed by atoms with Crippen molar-refractivity contribution >= 4 is 6.29 Å². The number of carbonyl (C=O) groups is 1. The predicted molar refractivity (Wildman–Crippen MR) is 82.4 cm³/mol. The highest BCUT2D eigenvalue weighted by Crippen LogP contribution is 2.29. The van der Waals surface area contributed by atoms with Gasteiger partial charge in [-0.05, 0) is 38.1 Å². The van der Waals surface area contributed by atoms with Crippen LogP contribution in [-0.4, -0.2) is 30.3 Å². The van der Waals surface area contributed by atoms with Gasteiger partial charge in [-0.2, -0.15) is 0 Å². The van der Waals surface area contributed by atoms with Gasteiger partial charge in [0.15, 0.2) is 0 Å². The van der Waals surface area contributed by atoms with Gasteiger partial charge >= 0.3 is 0 Å². The Morgan fingerprint density at radius 3 is 2.42 bits per heavy atom. The van der Waals surface area contributed by atoms with Crippen LogP contribution < -0.4 is 0 Å². The van der Waals surface area contributed by atoms with E-state index >= 15 is 0 Å². The summed E-state index contributed by atoms with van der Waals surface area (Å²) in [6.07, 6.45) is 9.96. The highest BCUT2D eigenvalue weighted by Gasteiger charge is 2.30. The van der Waals surface area contributed by atoms with Gasteiger partial charge in [-0.1, -0.05) is 47.0 Å². The van der Waals surface area contributed by atoms with Crippen molar-refractivity contribution in [1.82, 2.24) is 4.90 Å². The molecule has 1 saturated carbocycles. The van der Waals surface area contributed by atoms with Crippen molar-refractivity contribution in [3.8, 4) is 0 Å². The Balaban J connectivity index is 2.63. The van der Waals surface area contributed by atoms with Crippen LogP contribution in [0.5, 0.6) is 0 Å². The minimum absolute atomic E-state index is 0.145. The summed E-state index contributed by atoms with van der Waals surface area (Å²) in [6, 6.07) is 0.731. The molecule has 0 radical (unpaired) electrons. The Bertz CT molecular complexity index is 258. The molecule has 0 heterocycles. The number of nitrogens with zero attached hydrogens (tertiary/aromatic N) is 1. The Labute approximate surface area is 119 Å². The fourth-order valence-corrected chi connectivity index (χ4v) is 3.29. The molecule has 1 aliphatic rings. The van der Waals surface area contributed by atoms with E-state index in [1.165, 1.54) is 38.4 Å². The van der Waals surface area contributed by atoms with Crippen LogP contribution in [0.1, 0.15) is 72.6 Å². The molecule has 2 heteroatoms. The van der Waals surface area contributed by atoms with E-state index in [0.29, 0.717) is 0 Å². The van der Waals surface area contributed by atoms with Crippen LogP contribution in [-0.2, 0) is 4.79 Å². The third-order valence-electron chi connectivity index (χ3n) is 4.50. The van der Waals surface area contributed by atoms with E-state index in [1.54, 1.807) is 0 Å². The summed E-state index contributed by atoms with van der Waals surface area (Å²) in [7, 11) is 0. The fraction of sp³-hybridized carbons (Fsp3) is 0.941. The number of hydrogen-bond acceptors (Lipinski definition) is 2. The van der Waals surface area contributed by atoms with Crippen LogP contribution in [0.25, 0.3) is 0 Å². The average Bonchev–Trinajstić information content (AvgIpc) is 2.88. The Kier molecular flexibility index (Phi) is 7.06. The van der Waals surface area contributed by atoms with Gasteiger partial charge in [-0.15, -0.1) is 0 Å². The predicted octanol–water partition coefficient (Wildman–Crippen LogP) is 4.28. The van der Waals surface area contributed by atoms with E-state index in [0.717, 1.165) is 37.9 Å². The first kappa shape index (κ1) is 16.7. The van der Waals surface area contributed by atoms with E-state index in [4.69, 9.17) is 0 Å². The van der Waals surface area contributed by atoms with Gasteiger partial charge in [-0.3, -0.25) is 4.90 Å². The molecule has 0 aromatic carbocycles. The van der Waals surface area contributed by atoms with Crippen LogP contribution >= 0.6 is 0 Å². The summed E-state index contributed by atoms with van der Waals surface area (Å²) in [5.74, 6) is 0.748. The number of aldehydes is 1. The van der Waals surface area contributed by atoms with Gasteiger partial charge in [0.1, 0.15) is 6.29 Å². The van der Waals surface area contributed by atoms with Gasteiger partial charge < -0.3 is 4.79 Å². The number of carbonyl (C=O) groups excluding carboxylic acids is 1. The minimum Gasteiger partial charge on any atom is -0.303 e. The standard InChI is InChI=1S/C17H33NO/c1-5-11-17(4,14-19)13-18(12-10-15(2)3)16-8-6-7-9-16/h14-16H,5-13H2,1-4H3. The van der Waals surface area contributed by atoms with Gasteiger partial charge in [-0.25, -0.2) is 0 Å². The molecule has 0 spiro atoms. The monoisotopic (exact) mass is 267 g/mol. The zero-order valence-corrected chi connectivity index (χ0v) is 13.5. The summed E-state index contributed by atoms with van der Waals surface area (Å²) in [5, 5.41) is 0. The molecule has 1 rings (SSSR count). The molecule has 1 aliphatic carbocycles. The van der Waals surface area contributed by atoms with Crippen molar-refractivity contribution in [2.75, 3.05) is 13.1 Å². The summed E-state index contributed by atoms with van der Waals surface area (Å²) in [5.41, 5.74) is -0.145. The van der Waals surface area contributed by atoms with Crippen LogP contribution in [0, 0.1) is 11.3 Å². The molecule has 0 amide bonds. The van der Waals surface area contributed by atoms with Gasteiger partial charge in [0.2, 0.25) is 0 Å². The Morgan fingerprint density at radius 2 is 1.95 bits per heavy atom. The highest BCUT2D eigenvalue weighted by molar-refractivity contribution is 5.59. The summed E-state index contributed by atoms with van der Waals surface area (Å²) >= 11 is 0. The number of rotatable bonds is 9. The van der Waals surface area contributed by atoms with Crippen LogP contribution in [0.3, 0.4) is 0 Å². The lowest BCUT2D eigenvalue weighted by Crippen LogP contribution is -2.43. The fourth-order valence-electron chi connectivity index (χ4n) is 3.29. The smallest absolute Gasteiger partial charge is 0.127 e. The van der Waals surface area contributed by atoms with Crippen molar-refractivity contribution in [3.05, 3.63) is 0 Å². The van der Waals surface area contributed by atoms with E-state index < -0.39 is 0 Å². The summed E-state index contributed by atoms with van der Waals surface area (Å²) < 4.78 is 0. The molecule has 0 bridgehead atoms. The van der Waals surface area contributed by atoms with Crippen molar-refractivity contribution in [2.24, 2.45) is 11.3 Å². The van der Waals surface area contributed by atoms with E-state index in [1.807, 2.05) is 0 Å². The van der Waals surface area contributed by atoms with Crippen LogP contribution in [0.15, 0.2) is 0 Å². The molecule has 19 heavy (non-hydrogen) atoms. The second-order valence-electron chi connectivity index (χ2n) is 7.11. The maximum atomic E-state index is 11.5. The summed E-state index contributed by atoms with van der Waals surface area (Å²) in [4.78, 5) is 14.1. The van der Waals surface area contributed by atoms with Gasteiger partial charge in [0.25, 0.3) is 0 Å². The molecule has 0 aliphatic heterocycles. The molecule has 1 unspecified atom stereocenters. The van der Waals surface area contributed by atoms with Crippen LogP contribution in [0.2, 0.25) is 0 Å². The third-order valence-corrected chi connectivity index (χ3v) is 4.50. The molecule has 0 aromatic rings. The van der Waals surface area contributed by atoms with Crippen molar-refractivity contribution in [3.63, 3.8) is 0 Å². The lowest BCUT2D eigenvalue weighted by molar-refractivity contribution is -0.117. The maximum Gasteiger partial charge on any atom is 0.127 e. The molecule has 0 aromatic heterocycles. The Hall–Kier alpha value is -0.370. The lowest BCUT2D eigenvalue weighted by atomic mass is 9.86. The third kappa shape index (κ3) is 5.64. The average molecular weight is 267 g/mol. The van der Waals surface area contributed by atoms with Gasteiger partial charge in [0, 0.05) is 18.0 Å².